The molecule has 6 aromatic rings. The average Bonchev–Trinajstić information content (AvgIpc) is 3.31. The second-order valence-corrected chi connectivity index (χ2v) is 15.2. The minimum atomic E-state index is -0.449. The zero-order chi connectivity index (χ0) is 43.0. The molecule has 6 amide bonds. The summed E-state index contributed by atoms with van der Waals surface area (Å²) in [5.41, 5.74) is 4.93. The van der Waals surface area contributed by atoms with Crippen molar-refractivity contribution in [2.45, 2.75) is 51.4 Å². The Morgan fingerprint density at radius 1 is 0.419 bits per heavy atom. The number of imide groups is 2. The highest BCUT2D eigenvalue weighted by Crippen LogP contribution is 2.38. The van der Waals surface area contributed by atoms with Crippen LogP contribution in [-0.4, -0.2) is 91.4 Å². The highest BCUT2D eigenvalue weighted by Gasteiger charge is 2.39. The van der Waals surface area contributed by atoms with Gasteiger partial charge >= 0.3 is 0 Å². The van der Waals surface area contributed by atoms with Gasteiger partial charge in [0.25, 0.3) is 35.4 Å². The first-order valence-electron chi connectivity index (χ1n) is 20.9. The number of aromatic nitrogens is 4. The van der Waals surface area contributed by atoms with Gasteiger partial charge in [0.2, 0.25) is 0 Å². The van der Waals surface area contributed by atoms with Crippen LogP contribution >= 0.6 is 0 Å². The Morgan fingerprint density at radius 3 is 1.13 bits per heavy atom. The van der Waals surface area contributed by atoms with Crippen molar-refractivity contribution in [1.29, 1.82) is 0 Å². The number of amides is 6. The summed E-state index contributed by atoms with van der Waals surface area (Å²) < 4.78 is 0. The van der Waals surface area contributed by atoms with Gasteiger partial charge in [0, 0.05) is 84.0 Å². The van der Waals surface area contributed by atoms with Gasteiger partial charge < -0.3 is 10.6 Å². The number of hydrogen-bond donors (Lipinski definition) is 2. The van der Waals surface area contributed by atoms with Crippen molar-refractivity contribution in [3.05, 3.63) is 143 Å². The van der Waals surface area contributed by atoms with Gasteiger partial charge in [-0.3, -0.25) is 58.5 Å². The molecule has 6 heterocycles. The summed E-state index contributed by atoms with van der Waals surface area (Å²) in [5, 5.41) is 6.54. The molecule has 2 aromatic carbocycles. The Morgan fingerprint density at radius 2 is 0.790 bits per heavy atom. The third-order valence-electron chi connectivity index (χ3n) is 11.2. The molecule has 2 N–H and O–H groups in total. The maximum absolute atomic E-state index is 13.7. The van der Waals surface area contributed by atoms with Gasteiger partial charge in [-0.05, 0) is 98.5 Å². The molecule has 4 aromatic heterocycles. The third kappa shape index (κ3) is 8.71. The average molecular weight is 829 g/mol. The molecule has 62 heavy (non-hydrogen) atoms. The summed E-state index contributed by atoms with van der Waals surface area (Å²) in [7, 11) is 0. The molecular weight excluding hydrogens is 785 g/mol. The van der Waals surface area contributed by atoms with Crippen LogP contribution in [0.15, 0.2) is 110 Å². The molecule has 8 rings (SSSR count). The van der Waals surface area contributed by atoms with E-state index in [1.54, 1.807) is 60.9 Å². The molecule has 14 heteroatoms. The normalized spacial score (nSPS) is 13.2. The minimum absolute atomic E-state index is 0.213. The summed E-state index contributed by atoms with van der Waals surface area (Å²) in [6, 6.07) is 24.4. The zero-order valence-corrected chi connectivity index (χ0v) is 34.0. The van der Waals surface area contributed by atoms with Crippen LogP contribution in [0.3, 0.4) is 0 Å². The van der Waals surface area contributed by atoms with E-state index in [2.05, 4.69) is 30.6 Å². The quantitative estimate of drug-likeness (QED) is 0.0681. The van der Waals surface area contributed by atoms with E-state index in [1.807, 2.05) is 36.4 Å². The molecule has 0 atom stereocenters. The van der Waals surface area contributed by atoms with Gasteiger partial charge in [0.05, 0.1) is 33.9 Å². The monoisotopic (exact) mass is 828 g/mol. The molecule has 0 saturated heterocycles. The van der Waals surface area contributed by atoms with Crippen LogP contribution in [0.25, 0.3) is 33.5 Å². The number of hydrogen-bond acceptors (Lipinski definition) is 10. The molecule has 0 unspecified atom stereocenters. The fourth-order valence-electron chi connectivity index (χ4n) is 7.87. The Balaban J connectivity index is 0.773. The molecule has 0 spiro atoms. The maximum Gasteiger partial charge on any atom is 0.261 e. The molecule has 0 fully saturated rings. The van der Waals surface area contributed by atoms with E-state index in [1.165, 1.54) is 22.2 Å². The molecule has 2 aliphatic heterocycles. The predicted octanol–water partition coefficient (Wildman–Crippen LogP) is 6.93. The maximum atomic E-state index is 13.7. The first-order valence-corrected chi connectivity index (χ1v) is 20.9. The highest BCUT2D eigenvalue weighted by molar-refractivity contribution is 6.33. The lowest BCUT2D eigenvalue weighted by Crippen LogP contribution is -2.43. The van der Waals surface area contributed by atoms with Crippen molar-refractivity contribution in [2.24, 2.45) is 0 Å². The van der Waals surface area contributed by atoms with E-state index >= 15 is 0 Å². The first-order chi connectivity index (χ1) is 30.3. The second-order valence-electron chi connectivity index (χ2n) is 15.2. The lowest BCUT2D eigenvalue weighted by Gasteiger charge is -2.32. The number of rotatable bonds is 18. The van der Waals surface area contributed by atoms with Crippen LogP contribution in [0.5, 0.6) is 0 Å². The third-order valence-corrected chi connectivity index (χ3v) is 11.2. The lowest BCUT2D eigenvalue weighted by atomic mass is 9.86. The van der Waals surface area contributed by atoms with Crippen molar-refractivity contribution < 1.29 is 28.8 Å². The van der Waals surface area contributed by atoms with Gasteiger partial charge in [-0.2, -0.15) is 0 Å². The van der Waals surface area contributed by atoms with Crippen LogP contribution in [0.1, 0.15) is 114 Å². The highest BCUT2D eigenvalue weighted by atomic mass is 16.2. The molecule has 0 aliphatic carbocycles. The van der Waals surface area contributed by atoms with Crippen molar-refractivity contribution in [2.75, 3.05) is 26.2 Å². The van der Waals surface area contributed by atoms with E-state index in [0.717, 1.165) is 49.9 Å². The number of pyridine rings is 4. The Bertz CT molecular complexity index is 2400. The van der Waals surface area contributed by atoms with Gasteiger partial charge in [-0.1, -0.05) is 37.8 Å². The van der Waals surface area contributed by atoms with Crippen LogP contribution in [0.2, 0.25) is 0 Å². The minimum Gasteiger partial charge on any atom is -0.352 e. The van der Waals surface area contributed by atoms with Crippen molar-refractivity contribution in [3.63, 3.8) is 0 Å². The van der Waals surface area contributed by atoms with E-state index in [-0.39, 0.29) is 24.9 Å². The number of nitrogens with zero attached hydrogens (tertiary/aromatic N) is 6. The Labute approximate surface area is 357 Å². The summed E-state index contributed by atoms with van der Waals surface area (Å²) in [6.45, 7) is 1.39. The number of carbonyl (C=O) groups is 6. The fraction of sp³-hybridized carbons (Fsp3) is 0.250. The summed E-state index contributed by atoms with van der Waals surface area (Å²) in [4.78, 5) is 99.8. The van der Waals surface area contributed by atoms with Crippen molar-refractivity contribution in [3.8, 4) is 22.8 Å². The van der Waals surface area contributed by atoms with Gasteiger partial charge in [0.1, 0.15) is 0 Å². The predicted molar refractivity (Wildman–Crippen MR) is 231 cm³/mol. The molecule has 0 radical (unpaired) electrons. The van der Waals surface area contributed by atoms with Gasteiger partial charge in [-0.25, -0.2) is 0 Å². The zero-order valence-electron chi connectivity index (χ0n) is 34.0. The van der Waals surface area contributed by atoms with Crippen molar-refractivity contribution >= 4 is 46.2 Å². The number of carbonyl (C=O) groups excluding carboxylic acids is 6. The Hall–Kier alpha value is -7.48. The van der Waals surface area contributed by atoms with Crippen LogP contribution in [-0.2, 0) is 0 Å². The summed E-state index contributed by atoms with van der Waals surface area (Å²) >= 11 is 0. The van der Waals surface area contributed by atoms with Crippen LogP contribution < -0.4 is 10.6 Å². The second kappa shape index (κ2) is 18.8. The molecular formula is C48H44N8O6. The first kappa shape index (κ1) is 41.3. The number of benzene rings is 2. The summed E-state index contributed by atoms with van der Waals surface area (Å²) in [6.07, 6.45) is 12.1. The largest absolute Gasteiger partial charge is 0.352 e. The number of nitrogens with one attached hydrogen (secondary N) is 2. The smallest absolute Gasteiger partial charge is 0.261 e. The SMILES string of the molecule is O=C(NCCCCCCN1C(=O)c2ccc3c4c(ccc(c24)C1=O)C(=O)N(CCCCCCNC(=O)c1ccc(-c2ccccn2)nc1)C3=O)c1ccc(-c2ccccn2)nc1. The van der Waals surface area contributed by atoms with E-state index in [0.29, 0.717) is 81.5 Å². The molecule has 0 bridgehead atoms. The Kier molecular flexibility index (Phi) is 12.5. The van der Waals surface area contributed by atoms with Crippen LogP contribution in [0.4, 0.5) is 0 Å². The van der Waals surface area contributed by atoms with E-state index in [4.69, 9.17) is 0 Å². The van der Waals surface area contributed by atoms with Crippen molar-refractivity contribution in [1.82, 2.24) is 40.4 Å². The molecule has 2 aliphatic rings. The lowest BCUT2D eigenvalue weighted by molar-refractivity contribution is 0.0586. The van der Waals surface area contributed by atoms with E-state index < -0.39 is 23.6 Å². The van der Waals surface area contributed by atoms with E-state index in [9.17, 15) is 28.8 Å². The molecule has 0 saturated carbocycles. The topological polar surface area (TPSA) is 185 Å². The van der Waals surface area contributed by atoms with Gasteiger partial charge in [0.15, 0.2) is 0 Å². The van der Waals surface area contributed by atoms with Gasteiger partial charge in [-0.15, -0.1) is 0 Å². The molecule has 312 valence electrons. The van der Waals surface area contributed by atoms with Crippen LogP contribution in [0, 0.1) is 0 Å². The standard InChI is InChI=1S/C48H44N8O6/c57-43(31-15-21-39(53-29-31)37-13-5-9-23-49-37)51-25-7-1-3-11-27-55-45(59)33-17-19-35-42-36(20-18-34(41(33)42)46(55)60)48(62)56(47(35)61)28-12-4-2-8-26-52-44(58)32-16-22-40(54-30-32)38-14-6-10-24-50-38/h5-6,9-10,13-24,29-30H,1-4,7-8,11-12,25-28H2,(H,51,57)(H,52,58). The molecule has 14 nitrogen and oxygen atoms in total. The summed E-state index contributed by atoms with van der Waals surface area (Å²) in [5.74, 6) is -2.22. The fourth-order valence-corrected chi connectivity index (χ4v) is 7.87. The number of unbranched alkanes of at least 4 members (excludes halogenated alkanes) is 6.